The molecular formula is C17H22N2O3S. The lowest BCUT2D eigenvalue weighted by molar-refractivity contribution is -0.123. The van der Waals surface area contributed by atoms with Crippen LogP contribution in [0.2, 0.25) is 0 Å². The molecule has 0 unspecified atom stereocenters. The van der Waals surface area contributed by atoms with Crippen LogP contribution in [-0.4, -0.2) is 32.8 Å². The fourth-order valence-corrected chi connectivity index (χ4v) is 3.22. The van der Waals surface area contributed by atoms with E-state index in [0.717, 1.165) is 0 Å². The average Bonchev–Trinajstić information content (AvgIpc) is 2.51. The monoisotopic (exact) mass is 334 g/mol. The summed E-state index contributed by atoms with van der Waals surface area (Å²) >= 11 is 1.28. The van der Waals surface area contributed by atoms with Gasteiger partial charge in [-0.15, -0.1) is 0 Å². The van der Waals surface area contributed by atoms with Crippen LogP contribution in [0.4, 0.5) is 0 Å². The molecule has 0 radical (unpaired) electrons. The predicted octanol–water partition coefficient (Wildman–Crippen LogP) is 2.49. The molecule has 1 N–H and O–H groups in total. The van der Waals surface area contributed by atoms with Gasteiger partial charge in [0.15, 0.2) is 5.16 Å². The summed E-state index contributed by atoms with van der Waals surface area (Å²) in [5, 5.41) is 10.1. The number of aliphatic hydroxyl groups is 1. The van der Waals surface area contributed by atoms with Gasteiger partial charge in [-0.2, -0.15) is 0 Å². The summed E-state index contributed by atoms with van der Waals surface area (Å²) in [7, 11) is 0. The van der Waals surface area contributed by atoms with Gasteiger partial charge in [0.1, 0.15) is 5.78 Å². The first-order chi connectivity index (χ1) is 10.8. The van der Waals surface area contributed by atoms with Gasteiger partial charge < -0.3 is 5.11 Å². The van der Waals surface area contributed by atoms with Gasteiger partial charge in [0.2, 0.25) is 0 Å². The maximum atomic E-state index is 12.6. The minimum atomic E-state index is -0.417. The first-order valence-electron chi connectivity index (χ1n) is 7.61. The summed E-state index contributed by atoms with van der Waals surface area (Å²) in [5.74, 6) is 0.381. The molecule has 23 heavy (non-hydrogen) atoms. The van der Waals surface area contributed by atoms with Crippen LogP contribution < -0.4 is 5.56 Å². The standard InChI is InChI=1S/C17H22N2O3S/c1-17(2,3)14(21)11-23-16-18-13-8-5-4-7-12(13)15(22)19(16)9-6-10-20/h4-5,7-8,20H,6,9-11H2,1-3H3. The third kappa shape index (κ3) is 4.20. The molecule has 0 aliphatic heterocycles. The number of para-hydroxylation sites is 1. The maximum absolute atomic E-state index is 12.6. The molecule has 0 saturated carbocycles. The van der Waals surface area contributed by atoms with E-state index in [1.165, 1.54) is 11.8 Å². The van der Waals surface area contributed by atoms with Crippen LogP contribution in [0.25, 0.3) is 10.9 Å². The van der Waals surface area contributed by atoms with E-state index in [-0.39, 0.29) is 23.7 Å². The van der Waals surface area contributed by atoms with Crippen LogP contribution in [-0.2, 0) is 11.3 Å². The van der Waals surface area contributed by atoms with Crippen LogP contribution in [0.5, 0.6) is 0 Å². The third-order valence-electron chi connectivity index (χ3n) is 3.54. The number of thioether (sulfide) groups is 1. The van der Waals surface area contributed by atoms with Gasteiger partial charge in [0.25, 0.3) is 5.56 Å². The zero-order valence-corrected chi connectivity index (χ0v) is 14.5. The number of Topliss-reactive ketones (excluding diaryl/α,β-unsaturated/α-hetero) is 1. The number of aromatic nitrogens is 2. The molecule has 0 aliphatic carbocycles. The van der Waals surface area contributed by atoms with Crippen LogP contribution in [0, 0.1) is 5.41 Å². The predicted molar refractivity (Wildman–Crippen MR) is 92.9 cm³/mol. The Labute approximate surface area is 139 Å². The van der Waals surface area contributed by atoms with E-state index in [9.17, 15) is 9.59 Å². The van der Waals surface area contributed by atoms with Crippen molar-refractivity contribution in [2.24, 2.45) is 5.41 Å². The Morgan fingerprint density at radius 1 is 1.30 bits per heavy atom. The Balaban J connectivity index is 2.40. The lowest BCUT2D eigenvalue weighted by atomic mass is 9.92. The highest BCUT2D eigenvalue weighted by Crippen LogP contribution is 2.23. The summed E-state index contributed by atoms with van der Waals surface area (Å²) in [5.41, 5.74) is 0.0818. The van der Waals surface area contributed by atoms with Gasteiger partial charge in [0, 0.05) is 18.6 Å². The highest BCUT2D eigenvalue weighted by molar-refractivity contribution is 7.99. The van der Waals surface area contributed by atoms with Gasteiger partial charge in [-0.1, -0.05) is 44.7 Å². The zero-order valence-electron chi connectivity index (χ0n) is 13.7. The van der Waals surface area contributed by atoms with Gasteiger partial charge in [0.05, 0.1) is 16.7 Å². The molecule has 0 saturated heterocycles. The molecule has 0 spiro atoms. The second-order valence-electron chi connectivity index (χ2n) is 6.41. The Morgan fingerprint density at radius 3 is 2.65 bits per heavy atom. The number of ketones is 1. The van der Waals surface area contributed by atoms with Crippen LogP contribution in [0.3, 0.4) is 0 Å². The van der Waals surface area contributed by atoms with E-state index < -0.39 is 5.41 Å². The van der Waals surface area contributed by atoms with Crippen molar-refractivity contribution in [3.05, 3.63) is 34.6 Å². The largest absolute Gasteiger partial charge is 0.396 e. The Kier molecular flexibility index (Phi) is 5.59. The smallest absolute Gasteiger partial charge is 0.262 e. The molecule has 6 heteroatoms. The molecule has 1 aromatic heterocycles. The molecule has 2 aromatic rings. The van der Waals surface area contributed by atoms with E-state index in [2.05, 4.69) is 4.98 Å². The summed E-state index contributed by atoms with van der Waals surface area (Å²) in [4.78, 5) is 29.3. The number of carbonyl (C=O) groups is 1. The number of fused-ring (bicyclic) bond motifs is 1. The Morgan fingerprint density at radius 2 is 2.00 bits per heavy atom. The molecule has 1 heterocycles. The quantitative estimate of drug-likeness (QED) is 0.649. The van der Waals surface area contributed by atoms with Gasteiger partial charge in [-0.3, -0.25) is 14.2 Å². The number of aliphatic hydroxyl groups excluding tert-OH is 1. The lowest BCUT2D eigenvalue weighted by Gasteiger charge is -2.17. The average molecular weight is 334 g/mol. The summed E-state index contributed by atoms with van der Waals surface area (Å²) < 4.78 is 1.55. The van der Waals surface area contributed by atoms with Crippen molar-refractivity contribution in [3.63, 3.8) is 0 Å². The van der Waals surface area contributed by atoms with E-state index in [1.807, 2.05) is 26.8 Å². The minimum absolute atomic E-state index is 0.00426. The van der Waals surface area contributed by atoms with Gasteiger partial charge >= 0.3 is 0 Å². The maximum Gasteiger partial charge on any atom is 0.262 e. The fourth-order valence-electron chi connectivity index (χ4n) is 2.03. The number of hydrogen-bond acceptors (Lipinski definition) is 5. The number of carbonyl (C=O) groups excluding carboxylic acids is 1. The van der Waals surface area contributed by atoms with Crippen molar-refractivity contribution < 1.29 is 9.90 Å². The van der Waals surface area contributed by atoms with Crippen molar-refractivity contribution in [1.82, 2.24) is 9.55 Å². The van der Waals surface area contributed by atoms with E-state index in [0.29, 0.717) is 29.0 Å². The molecule has 2 rings (SSSR count). The molecule has 0 fully saturated rings. The summed E-state index contributed by atoms with van der Waals surface area (Å²) in [6.45, 7) is 6.02. The van der Waals surface area contributed by atoms with E-state index in [4.69, 9.17) is 5.11 Å². The molecule has 0 atom stereocenters. The molecule has 1 aromatic carbocycles. The van der Waals surface area contributed by atoms with Crippen LogP contribution in [0.15, 0.2) is 34.2 Å². The lowest BCUT2D eigenvalue weighted by Crippen LogP contribution is -2.26. The number of benzene rings is 1. The van der Waals surface area contributed by atoms with Gasteiger partial charge in [-0.25, -0.2) is 4.98 Å². The minimum Gasteiger partial charge on any atom is -0.396 e. The summed E-state index contributed by atoms with van der Waals surface area (Å²) in [6.07, 6.45) is 0.473. The van der Waals surface area contributed by atoms with Crippen LogP contribution in [0.1, 0.15) is 27.2 Å². The van der Waals surface area contributed by atoms with E-state index >= 15 is 0 Å². The number of rotatable bonds is 6. The molecule has 0 amide bonds. The molecule has 124 valence electrons. The first kappa shape index (κ1) is 17.7. The van der Waals surface area contributed by atoms with Gasteiger partial charge in [-0.05, 0) is 18.6 Å². The van der Waals surface area contributed by atoms with Crippen molar-refractivity contribution >= 4 is 28.4 Å². The number of nitrogens with zero attached hydrogens (tertiary/aromatic N) is 2. The van der Waals surface area contributed by atoms with Crippen molar-refractivity contribution in [2.45, 2.75) is 38.9 Å². The normalized spacial score (nSPS) is 11.8. The second-order valence-corrected chi connectivity index (χ2v) is 7.35. The molecule has 0 bridgehead atoms. The SMILES string of the molecule is CC(C)(C)C(=O)CSc1nc2ccccc2c(=O)n1CCCO. The van der Waals surface area contributed by atoms with Crippen LogP contribution >= 0.6 is 11.8 Å². The molecular weight excluding hydrogens is 312 g/mol. The highest BCUT2D eigenvalue weighted by Gasteiger charge is 2.22. The Bertz CT molecular complexity index is 763. The highest BCUT2D eigenvalue weighted by atomic mass is 32.2. The Hall–Kier alpha value is -1.66. The third-order valence-corrected chi connectivity index (χ3v) is 4.51. The fraction of sp³-hybridized carbons (Fsp3) is 0.471. The van der Waals surface area contributed by atoms with Crippen molar-refractivity contribution in [3.8, 4) is 0 Å². The van der Waals surface area contributed by atoms with E-state index in [1.54, 1.807) is 22.8 Å². The first-order valence-corrected chi connectivity index (χ1v) is 8.59. The summed E-state index contributed by atoms with van der Waals surface area (Å²) in [6, 6.07) is 7.18. The number of hydrogen-bond donors (Lipinski definition) is 1. The molecule has 5 nitrogen and oxygen atoms in total. The topological polar surface area (TPSA) is 72.2 Å². The van der Waals surface area contributed by atoms with Crippen molar-refractivity contribution in [1.29, 1.82) is 0 Å². The van der Waals surface area contributed by atoms with Crippen molar-refractivity contribution in [2.75, 3.05) is 12.4 Å². The molecule has 0 aliphatic rings. The zero-order chi connectivity index (χ0) is 17.0. The second kappa shape index (κ2) is 7.27.